The summed E-state index contributed by atoms with van der Waals surface area (Å²) in [5, 5.41) is 14.3. The molecule has 0 saturated heterocycles. The van der Waals surface area contributed by atoms with Gasteiger partial charge in [-0.05, 0) is 26.8 Å². The van der Waals surface area contributed by atoms with Crippen molar-refractivity contribution in [1.29, 1.82) is 0 Å². The molecule has 0 aromatic carbocycles. The minimum absolute atomic E-state index is 0.188. The van der Waals surface area contributed by atoms with Gasteiger partial charge in [-0.15, -0.1) is 0 Å². The van der Waals surface area contributed by atoms with Crippen LogP contribution < -0.4 is 5.32 Å². The summed E-state index contributed by atoms with van der Waals surface area (Å²) in [5.74, 6) is -0.188. The molecule has 0 aliphatic heterocycles. The molecule has 0 spiro atoms. The lowest BCUT2D eigenvalue weighted by atomic mass is 10.2. The molecule has 0 bridgehead atoms. The number of hydrogen-bond donors (Lipinski definition) is 1. The summed E-state index contributed by atoms with van der Waals surface area (Å²) in [7, 11) is 0. The summed E-state index contributed by atoms with van der Waals surface area (Å²) < 4.78 is 1.82. The Balaban J connectivity index is 2.20. The van der Waals surface area contributed by atoms with Gasteiger partial charge < -0.3 is 5.32 Å². The Morgan fingerprint density at radius 3 is 2.67 bits per heavy atom. The molecule has 0 radical (unpaired) electrons. The monoisotopic (exact) mass is 245 g/mol. The molecule has 18 heavy (non-hydrogen) atoms. The van der Waals surface area contributed by atoms with Gasteiger partial charge in [0.05, 0.1) is 29.8 Å². The van der Waals surface area contributed by atoms with Gasteiger partial charge in [-0.25, -0.2) is 0 Å². The van der Waals surface area contributed by atoms with Crippen molar-refractivity contribution < 1.29 is 4.79 Å². The maximum absolute atomic E-state index is 12.1. The molecular weight excluding hydrogens is 230 g/mol. The lowest BCUT2D eigenvalue weighted by Crippen LogP contribution is -2.14. The molecule has 0 aliphatic carbocycles. The van der Waals surface area contributed by atoms with E-state index in [4.69, 9.17) is 0 Å². The molecule has 1 N–H and O–H groups in total. The molecular formula is C12H15N5O. The van der Waals surface area contributed by atoms with Gasteiger partial charge in [-0.1, -0.05) is 0 Å². The minimum atomic E-state index is -0.188. The Kier molecular flexibility index (Phi) is 3.36. The quantitative estimate of drug-likeness (QED) is 0.895. The predicted molar refractivity (Wildman–Crippen MR) is 67.3 cm³/mol. The standard InChI is InChI=1S/C12H15N5O/c1-8(2)17-9(3)11(7-15-17)12(18)16-10-4-5-13-14-6-10/h4-8H,1-3H3,(H,13,16,18). The zero-order valence-electron chi connectivity index (χ0n) is 10.6. The predicted octanol–water partition coefficient (Wildman–Crippen LogP) is 1.81. The fourth-order valence-corrected chi connectivity index (χ4v) is 1.73. The first-order valence-electron chi connectivity index (χ1n) is 5.71. The first-order chi connectivity index (χ1) is 8.59. The van der Waals surface area contributed by atoms with Gasteiger partial charge in [0.15, 0.2) is 0 Å². The van der Waals surface area contributed by atoms with Crippen molar-refractivity contribution in [2.75, 3.05) is 5.32 Å². The van der Waals surface area contributed by atoms with E-state index in [1.807, 2.05) is 25.5 Å². The molecule has 94 valence electrons. The highest BCUT2D eigenvalue weighted by Crippen LogP contribution is 2.14. The minimum Gasteiger partial charge on any atom is -0.320 e. The summed E-state index contributed by atoms with van der Waals surface area (Å²) in [5.41, 5.74) is 2.04. The van der Waals surface area contributed by atoms with Crippen molar-refractivity contribution in [2.24, 2.45) is 0 Å². The second-order valence-corrected chi connectivity index (χ2v) is 4.27. The molecule has 2 aromatic rings. The van der Waals surface area contributed by atoms with Crippen LogP contribution in [0.4, 0.5) is 5.69 Å². The first kappa shape index (κ1) is 12.2. The van der Waals surface area contributed by atoms with E-state index >= 15 is 0 Å². The fourth-order valence-electron chi connectivity index (χ4n) is 1.73. The van der Waals surface area contributed by atoms with Crippen LogP contribution in [0, 0.1) is 6.92 Å². The van der Waals surface area contributed by atoms with Crippen molar-refractivity contribution in [1.82, 2.24) is 20.0 Å². The summed E-state index contributed by atoms with van der Waals surface area (Å²) in [4.78, 5) is 12.1. The third-order valence-corrected chi connectivity index (χ3v) is 2.62. The van der Waals surface area contributed by atoms with Crippen LogP contribution in [0.25, 0.3) is 0 Å². The Morgan fingerprint density at radius 2 is 2.11 bits per heavy atom. The Hall–Kier alpha value is -2.24. The molecule has 0 unspecified atom stereocenters. The van der Waals surface area contributed by atoms with Crippen molar-refractivity contribution >= 4 is 11.6 Å². The lowest BCUT2D eigenvalue weighted by molar-refractivity contribution is 0.102. The first-order valence-corrected chi connectivity index (χ1v) is 5.71. The number of amides is 1. The van der Waals surface area contributed by atoms with E-state index in [-0.39, 0.29) is 11.9 Å². The van der Waals surface area contributed by atoms with Crippen LogP contribution in [0.2, 0.25) is 0 Å². The van der Waals surface area contributed by atoms with Crippen molar-refractivity contribution in [3.05, 3.63) is 35.9 Å². The SMILES string of the molecule is Cc1c(C(=O)Nc2ccnnc2)cnn1C(C)C. The van der Waals surface area contributed by atoms with Gasteiger partial charge in [0, 0.05) is 11.7 Å². The van der Waals surface area contributed by atoms with Crippen LogP contribution in [0.1, 0.15) is 35.9 Å². The largest absolute Gasteiger partial charge is 0.320 e. The van der Waals surface area contributed by atoms with Crippen molar-refractivity contribution in [2.45, 2.75) is 26.8 Å². The average Bonchev–Trinajstić information content (AvgIpc) is 2.72. The normalized spacial score (nSPS) is 10.7. The molecule has 6 heteroatoms. The van der Waals surface area contributed by atoms with Gasteiger partial charge >= 0.3 is 0 Å². The summed E-state index contributed by atoms with van der Waals surface area (Å²) in [6.45, 7) is 5.93. The maximum atomic E-state index is 12.1. The van der Waals surface area contributed by atoms with Crippen LogP contribution in [0.15, 0.2) is 24.7 Å². The van der Waals surface area contributed by atoms with E-state index in [1.54, 1.807) is 12.3 Å². The van der Waals surface area contributed by atoms with Crippen LogP contribution in [0.5, 0.6) is 0 Å². The number of carbonyl (C=O) groups excluding carboxylic acids is 1. The highest BCUT2D eigenvalue weighted by atomic mass is 16.1. The van der Waals surface area contributed by atoms with Crippen LogP contribution in [0.3, 0.4) is 0 Å². The van der Waals surface area contributed by atoms with Gasteiger partial charge in [-0.3, -0.25) is 9.48 Å². The Morgan fingerprint density at radius 1 is 1.33 bits per heavy atom. The zero-order chi connectivity index (χ0) is 13.1. The summed E-state index contributed by atoms with van der Waals surface area (Å²) in [6, 6.07) is 1.92. The molecule has 1 amide bonds. The van der Waals surface area contributed by atoms with E-state index in [2.05, 4.69) is 20.6 Å². The van der Waals surface area contributed by atoms with Gasteiger partial charge in [0.25, 0.3) is 5.91 Å². The number of rotatable bonds is 3. The molecule has 0 fully saturated rings. The maximum Gasteiger partial charge on any atom is 0.259 e. The van der Waals surface area contributed by atoms with E-state index in [1.165, 1.54) is 12.4 Å². The molecule has 0 saturated carbocycles. The number of nitrogens with zero attached hydrogens (tertiary/aromatic N) is 4. The van der Waals surface area contributed by atoms with Crippen LogP contribution in [-0.4, -0.2) is 25.9 Å². The second kappa shape index (κ2) is 4.95. The number of carbonyl (C=O) groups is 1. The molecule has 2 rings (SSSR count). The number of hydrogen-bond acceptors (Lipinski definition) is 4. The molecule has 2 heterocycles. The van der Waals surface area contributed by atoms with Crippen molar-refractivity contribution in [3.8, 4) is 0 Å². The summed E-state index contributed by atoms with van der Waals surface area (Å²) in [6.07, 6.45) is 4.61. The topological polar surface area (TPSA) is 72.7 Å². The van der Waals surface area contributed by atoms with Crippen LogP contribution >= 0.6 is 0 Å². The Labute approximate surface area is 105 Å². The van der Waals surface area contributed by atoms with Gasteiger partial charge in [-0.2, -0.15) is 15.3 Å². The number of aromatic nitrogens is 4. The Bertz CT molecular complexity index is 547. The van der Waals surface area contributed by atoms with Crippen LogP contribution in [-0.2, 0) is 0 Å². The highest BCUT2D eigenvalue weighted by Gasteiger charge is 2.15. The summed E-state index contributed by atoms with van der Waals surface area (Å²) >= 11 is 0. The van der Waals surface area contributed by atoms with E-state index < -0.39 is 0 Å². The van der Waals surface area contributed by atoms with E-state index in [0.29, 0.717) is 11.3 Å². The third kappa shape index (κ3) is 2.37. The third-order valence-electron chi connectivity index (χ3n) is 2.62. The van der Waals surface area contributed by atoms with Crippen molar-refractivity contribution in [3.63, 3.8) is 0 Å². The van der Waals surface area contributed by atoms with E-state index in [0.717, 1.165) is 5.69 Å². The average molecular weight is 245 g/mol. The van der Waals surface area contributed by atoms with Gasteiger partial charge in [0.1, 0.15) is 0 Å². The lowest BCUT2D eigenvalue weighted by Gasteiger charge is -2.08. The molecule has 6 nitrogen and oxygen atoms in total. The fraction of sp³-hybridized carbons (Fsp3) is 0.333. The molecule has 0 aliphatic rings. The van der Waals surface area contributed by atoms with E-state index in [9.17, 15) is 4.79 Å². The van der Waals surface area contributed by atoms with Gasteiger partial charge in [0.2, 0.25) is 0 Å². The molecule has 2 aromatic heterocycles. The molecule has 0 atom stereocenters. The smallest absolute Gasteiger partial charge is 0.259 e. The second-order valence-electron chi connectivity index (χ2n) is 4.27. The zero-order valence-corrected chi connectivity index (χ0v) is 10.6. The number of nitrogens with one attached hydrogen (secondary N) is 1. The highest BCUT2D eigenvalue weighted by molar-refractivity contribution is 6.04. The number of anilines is 1.